The molecule has 0 atom stereocenters. The number of aromatic amines is 2. The van der Waals surface area contributed by atoms with Crippen molar-refractivity contribution in [1.82, 2.24) is 9.97 Å². The summed E-state index contributed by atoms with van der Waals surface area (Å²) in [5, 5.41) is 7.83. The molecule has 4 bridgehead atoms. The van der Waals surface area contributed by atoms with Crippen LogP contribution in [0.25, 0.3) is 110 Å². The Hall–Kier alpha value is -8.40. The van der Waals surface area contributed by atoms with Gasteiger partial charge in [0.2, 0.25) is 0 Å². The molecule has 2 heteroatoms. The van der Waals surface area contributed by atoms with E-state index < -0.39 is 0 Å². The molecule has 11 aromatic rings. The average Bonchev–Trinajstić information content (AvgIpc) is 1.58. The first-order valence-corrected chi connectivity index (χ1v) is 32.5. The second-order valence-electron chi connectivity index (χ2n) is 34.2. The summed E-state index contributed by atoms with van der Waals surface area (Å²) in [4.78, 5) is 7.91. The largest absolute Gasteiger partial charge is 0.352 e. The number of hydrogen-bond acceptors (Lipinski definition) is 0. The summed E-state index contributed by atoms with van der Waals surface area (Å²) in [7, 11) is 0. The molecule has 11 rings (SSSR count). The van der Waals surface area contributed by atoms with E-state index in [0.29, 0.717) is 0 Å². The average molecular weight is 1180 g/mol. The third-order valence-corrected chi connectivity index (χ3v) is 18.5. The molecule has 0 saturated heterocycles. The van der Waals surface area contributed by atoms with Crippen molar-refractivity contribution < 1.29 is 0 Å². The van der Waals surface area contributed by atoms with Crippen LogP contribution >= 0.6 is 0 Å². The van der Waals surface area contributed by atoms with Gasteiger partial charge < -0.3 is 9.97 Å². The van der Waals surface area contributed by atoms with Gasteiger partial charge in [-0.3, -0.25) is 0 Å². The minimum absolute atomic E-state index is 0.0744. The van der Waals surface area contributed by atoms with Gasteiger partial charge in [-0.05, 0) is 205 Å². The van der Waals surface area contributed by atoms with Crippen LogP contribution in [-0.4, -0.2) is 9.97 Å². The fourth-order valence-corrected chi connectivity index (χ4v) is 12.3. The second kappa shape index (κ2) is 21.6. The van der Waals surface area contributed by atoms with Crippen molar-refractivity contribution in [1.29, 1.82) is 0 Å². The second-order valence-corrected chi connectivity index (χ2v) is 34.2. The van der Waals surface area contributed by atoms with Crippen LogP contribution in [0.2, 0.25) is 0 Å². The zero-order valence-electron chi connectivity index (χ0n) is 58.5. The van der Waals surface area contributed by atoms with Crippen LogP contribution in [0.5, 0.6) is 0 Å². The summed E-state index contributed by atoms with van der Waals surface area (Å²) in [5.74, 6) is 0. The molecule has 3 aromatic heterocycles. The first kappa shape index (κ1) is 63.2. The number of rotatable bonds is 4. The Bertz CT molecular complexity index is 4020. The number of aromatic nitrogens is 2. The van der Waals surface area contributed by atoms with E-state index in [2.05, 4.69) is 346 Å². The summed E-state index contributed by atoms with van der Waals surface area (Å²) in [5.41, 5.74) is 22.7. The van der Waals surface area contributed by atoms with Gasteiger partial charge in [-0.1, -0.05) is 263 Å². The number of H-pyrrole nitrogens is 2. The normalized spacial score (nSPS) is 13.0. The molecule has 0 aliphatic rings. The van der Waals surface area contributed by atoms with Crippen molar-refractivity contribution in [3.63, 3.8) is 0 Å². The standard InChI is InChI=1S/C88H94N2/c1-81(2,3)65-37-61(38-66(49-65)82(4,5)6)57-33-53-29-25-26-30-55-35-59(63-41-69(85(13,14)15)51-70(42-63)86(16,17)18)47-75-76-48-60(64-43-71(87(19,20)21)52-72(44-64)88(22,23)24)36-56(80(76)90-79(55)75)32-28-27-31-54-34-58(46-74-73(45-57)77(53)89-78(54)74)62-39-67(83(7,8)9)50-68(40-62)84(10,11)12/h33-52,89-90H,1-24H3. The van der Waals surface area contributed by atoms with Crippen molar-refractivity contribution >= 4 is 65.2 Å². The maximum absolute atomic E-state index is 3.96. The highest BCUT2D eigenvalue weighted by atomic mass is 14.7. The van der Waals surface area contributed by atoms with Crippen molar-refractivity contribution in [2.45, 2.75) is 209 Å². The summed E-state index contributed by atoms with van der Waals surface area (Å²) in [6.07, 6.45) is 0. The topological polar surface area (TPSA) is 31.6 Å². The van der Waals surface area contributed by atoms with Crippen LogP contribution in [0, 0.1) is 48.5 Å². The van der Waals surface area contributed by atoms with Gasteiger partial charge in [0.25, 0.3) is 0 Å². The van der Waals surface area contributed by atoms with Crippen molar-refractivity contribution in [2.24, 2.45) is 0 Å². The van der Waals surface area contributed by atoms with Crippen LogP contribution in [-0.2, 0) is 43.3 Å². The fourth-order valence-electron chi connectivity index (χ4n) is 12.3. The summed E-state index contributed by atoms with van der Waals surface area (Å²) in [6, 6.07) is 75.9. The van der Waals surface area contributed by atoms with Gasteiger partial charge >= 0.3 is 0 Å². The van der Waals surface area contributed by atoms with E-state index in [1.54, 1.807) is 0 Å². The smallest absolute Gasteiger partial charge is 0.0625 e. The Labute approximate surface area is 540 Å². The van der Waals surface area contributed by atoms with Crippen molar-refractivity contribution in [3.8, 4) is 44.5 Å². The van der Waals surface area contributed by atoms with Crippen molar-refractivity contribution in [3.05, 3.63) is 214 Å². The number of benzene rings is 8. The molecule has 2 N–H and O–H groups in total. The molecule has 0 amide bonds. The molecule has 0 aliphatic carbocycles. The van der Waals surface area contributed by atoms with Crippen LogP contribution in [0.1, 0.15) is 211 Å². The first-order valence-electron chi connectivity index (χ1n) is 32.5. The monoisotopic (exact) mass is 1180 g/mol. The number of fused-ring (bicyclic) bond motifs is 2. The lowest BCUT2D eigenvalue weighted by Crippen LogP contribution is -2.16. The van der Waals surface area contributed by atoms with E-state index in [1.807, 2.05) is 0 Å². The van der Waals surface area contributed by atoms with E-state index in [1.165, 1.54) is 44.5 Å². The highest BCUT2D eigenvalue weighted by Gasteiger charge is 2.27. The molecular weight excluding hydrogens is 1080 g/mol. The lowest BCUT2D eigenvalue weighted by atomic mass is 9.78. The van der Waals surface area contributed by atoms with E-state index in [-0.39, 0.29) is 43.3 Å². The Morgan fingerprint density at radius 3 is 0.478 bits per heavy atom. The predicted molar refractivity (Wildman–Crippen MR) is 389 cm³/mol. The molecule has 90 heavy (non-hydrogen) atoms. The van der Waals surface area contributed by atoms with E-state index in [4.69, 9.17) is 0 Å². The maximum atomic E-state index is 3.96. The van der Waals surface area contributed by atoms with Gasteiger partial charge in [-0.25, -0.2) is 0 Å². The summed E-state index contributed by atoms with van der Waals surface area (Å²) < 4.78 is 0. The third-order valence-electron chi connectivity index (χ3n) is 18.5. The lowest BCUT2D eigenvalue weighted by molar-refractivity contribution is 0.568. The van der Waals surface area contributed by atoms with E-state index in [0.717, 1.165) is 110 Å². The molecule has 0 radical (unpaired) electrons. The maximum Gasteiger partial charge on any atom is 0.0625 e. The Morgan fingerprint density at radius 2 is 0.333 bits per heavy atom. The van der Waals surface area contributed by atoms with Gasteiger partial charge in [-0.2, -0.15) is 0 Å². The third kappa shape index (κ3) is 12.6. The van der Waals surface area contributed by atoms with Gasteiger partial charge in [0.15, 0.2) is 0 Å². The molecule has 8 aromatic carbocycles. The Kier molecular flexibility index (Phi) is 15.2. The fraction of sp³-hybridized carbons (Fsp3) is 0.364. The zero-order valence-corrected chi connectivity index (χ0v) is 58.5. The number of hydrogen-bond donors (Lipinski definition) is 2. The van der Waals surface area contributed by atoms with Crippen LogP contribution < -0.4 is 0 Å². The van der Waals surface area contributed by atoms with Crippen LogP contribution in [0.4, 0.5) is 0 Å². The Balaban J connectivity index is 1.29. The van der Waals surface area contributed by atoms with Gasteiger partial charge in [0.05, 0.1) is 43.6 Å². The SMILES string of the molecule is CC(C)(C)c1cc(-c2cc3c#cc#cc4cc(-c5cc(C(C)(C)C)cc(C(C)(C)C)c5)cc5c6cc(-c7cc(C(C)(C)C)cc(C(C)(C)C)c7)cc(c#cc#cc7cc(-c8cc(C(C)(C)C)cc(C(C)(C)C)c8)cc8c(c2)c3[nH]c78)c6[nH]c45)cc(C(C)(C)C)c1. The van der Waals surface area contributed by atoms with Gasteiger partial charge in [-0.15, -0.1) is 0 Å². The van der Waals surface area contributed by atoms with Crippen molar-refractivity contribution in [2.75, 3.05) is 0 Å². The van der Waals surface area contributed by atoms with Gasteiger partial charge in [0, 0.05) is 21.5 Å². The quantitative estimate of drug-likeness (QED) is 0.176. The molecule has 0 saturated carbocycles. The Morgan fingerprint density at radius 1 is 0.189 bits per heavy atom. The van der Waals surface area contributed by atoms with Crippen LogP contribution in [0.15, 0.2) is 121 Å². The summed E-state index contributed by atoms with van der Waals surface area (Å²) >= 11 is 0. The molecule has 3 heterocycles. The zero-order chi connectivity index (χ0) is 65.4. The number of nitrogens with one attached hydrogen (secondary N) is 2. The highest BCUT2D eigenvalue weighted by molar-refractivity contribution is 6.20. The van der Waals surface area contributed by atoms with Crippen LogP contribution in [0.3, 0.4) is 0 Å². The minimum Gasteiger partial charge on any atom is -0.352 e. The molecule has 456 valence electrons. The lowest BCUT2D eigenvalue weighted by Gasteiger charge is -2.26. The van der Waals surface area contributed by atoms with Gasteiger partial charge in [0.1, 0.15) is 0 Å². The predicted octanol–water partition coefficient (Wildman–Crippen LogP) is 24.4. The highest BCUT2D eigenvalue weighted by Crippen LogP contribution is 2.44. The van der Waals surface area contributed by atoms with E-state index in [9.17, 15) is 0 Å². The molecule has 2 nitrogen and oxygen atoms in total. The minimum atomic E-state index is -0.0744. The van der Waals surface area contributed by atoms with E-state index >= 15 is 0 Å². The molecule has 0 aliphatic heterocycles. The summed E-state index contributed by atoms with van der Waals surface area (Å²) in [6.45, 7) is 55.4. The molecule has 0 fully saturated rings. The molecule has 0 spiro atoms. The molecule has 0 unspecified atom stereocenters. The molecular formula is C88H94N2. The first-order chi connectivity index (χ1) is 41.6.